The Morgan fingerprint density at radius 2 is 2.15 bits per heavy atom. The van der Waals surface area contributed by atoms with E-state index in [1.165, 1.54) is 25.7 Å². The first-order chi connectivity index (χ1) is 9.71. The largest absolute Gasteiger partial charge is 0.490 e. The molecule has 3 rings (SSSR count). The second kappa shape index (κ2) is 5.57. The number of hydrogen-bond donors (Lipinski definition) is 0. The molecule has 0 bridgehead atoms. The fourth-order valence-electron chi connectivity index (χ4n) is 3.47. The molecule has 1 saturated carbocycles. The third-order valence-electron chi connectivity index (χ3n) is 4.57. The fraction of sp³-hybridized carbons (Fsp3) is 0.588. The van der Waals surface area contributed by atoms with Crippen LogP contribution >= 0.6 is 0 Å². The van der Waals surface area contributed by atoms with Gasteiger partial charge in [0, 0.05) is 0 Å². The maximum absolute atomic E-state index is 11.1. The monoisotopic (exact) mass is 274 g/mol. The third-order valence-corrected chi connectivity index (χ3v) is 4.57. The Morgan fingerprint density at radius 3 is 2.90 bits per heavy atom. The number of rotatable bonds is 4. The first-order valence-corrected chi connectivity index (χ1v) is 7.57. The Hall–Kier alpha value is -1.35. The van der Waals surface area contributed by atoms with Crippen LogP contribution < -0.4 is 4.74 Å². The lowest BCUT2D eigenvalue weighted by Crippen LogP contribution is -2.27. The predicted molar refractivity (Wildman–Crippen MR) is 77.4 cm³/mol. The quantitative estimate of drug-likeness (QED) is 0.786. The minimum absolute atomic E-state index is 0.148. The van der Waals surface area contributed by atoms with Crippen LogP contribution in [0.4, 0.5) is 0 Å². The van der Waals surface area contributed by atoms with Crippen molar-refractivity contribution in [2.24, 2.45) is 0 Å². The van der Waals surface area contributed by atoms with Gasteiger partial charge in [-0.25, -0.2) is 0 Å². The molecule has 1 unspecified atom stereocenters. The molecule has 1 aliphatic carbocycles. The highest BCUT2D eigenvalue weighted by atomic mass is 16.6. The van der Waals surface area contributed by atoms with Crippen molar-refractivity contribution >= 4 is 6.29 Å². The molecule has 1 atom stereocenters. The summed E-state index contributed by atoms with van der Waals surface area (Å²) in [5.41, 5.74) is 1.84. The van der Waals surface area contributed by atoms with Gasteiger partial charge in [-0.05, 0) is 44.7 Å². The van der Waals surface area contributed by atoms with Gasteiger partial charge < -0.3 is 9.47 Å². The van der Waals surface area contributed by atoms with Crippen LogP contribution in [0.1, 0.15) is 54.4 Å². The van der Waals surface area contributed by atoms with E-state index in [4.69, 9.17) is 9.47 Å². The highest BCUT2D eigenvalue weighted by Gasteiger charge is 2.42. The van der Waals surface area contributed by atoms with Crippen LogP contribution in [0.3, 0.4) is 0 Å². The summed E-state index contributed by atoms with van der Waals surface area (Å²) in [5.74, 6) is 0.668. The van der Waals surface area contributed by atoms with E-state index in [9.17, 15) is 4.79 Å². The van der Waals surface area contributed by atoms with Gasteiger partial charge in [-0.1, -0.05) is 24.5 Å². The first kappa shape index (κ1) is 13.6. The molecule has 1 aliphatic heterocycles. The van der Waals surface area contributed by atoms with Gasteiger partial charge in [0.25, 0.3) is 0 Å². The van der Waals surface area contributed by atoms with E-state index in [2.05, 4.69) is 0 Å². The molecule has 1 aromatic rings. The van der Waals surface area contributed by atoms with Gasteiger partial charge in [-0.15, -0.1) is 0 Å². The lowest BCUT2D eigenvalue weighted by Gasteiger charge is -2.23. The smallest absolute Gasteiger partial charge is 0.153 e. The molecular formula is C17H22O3. The van der Waals surface area contributed by atoms with Crippen molar-refractivity contribution in [3.63, 3.8) is 0 Å². The van der Waals surface area contributed by atoms with E-state index < -0.39 is 0 Å². The topological polar surface area (TPSA) is 35.5 Å². The molecule has 0 N–H and O–H groups in total. The highest BCUT2D eigenvalue weighted by molar-refractivity contribution is 5.79. The summed E-state index contributed by atoms with van der Waals surface area (Å²) in [6.45, 7) is 2.52. The van der Waals surface area contributed by atoms with Gasteiger partial charge >= 0.3 is 0 Å². The molecule has 1 heterocycles. The Bertz CT molecular complexity index is 489. The maximum Gasteiger partial charge on any atom is 0.153 e. The van der Waals surface area contributed by atoms with E-state index in [0.717, 1.165) is 24.7 Å². The van der Waals surface area contributed by atoms with Gasteiger partial charge in [0.1, 0.15) is 12.4 Å². The molecule has 3 nitrogen and oxygen atoms in total. The van der Waals surface area contributed by atoms with Crippen LogP contribution in [0.25, 0.3) is 0 Å². The van der Waals surface area contributed by atoms with Crippen LogP contribution in [0.2, 0.25) is 0 Å². The fourth-order valence-corrected chi connectivity index (χ4v) is 3.47. The number of carbonyl (C=O) groups excluding carboxylic acids is 1. The Labute approximate surface area is 120 Å². The summed E-state index contributed by atoms with van der Waals surface area (Å²) in [5, 5.41) is 0. The van der Waals surface area contributed by atoms with Crippen molar-refractivity contribution < 1.29 is 14.3 Å². The second-order valence-electron chi connectivity index (χ2n) is 6.14. The highest BCUT2D eigenvalue weighted by Crippen LogP contribution is 2.43. The normalized spacial score (nSPS) is 24.1. The van der Waals surface area contributed by atoms with Gasteiger partial charge in [0.15, 0.2) is 6.29 Å². The number of aldehydes is 1. The average molecular weight is 274 g/mol. The number of hydrogen-bond acceptors (Lipinski definition) is 3. The second-order valence-corrected chi connectivity index (χ2v) is 6.14. The molecule has 0 amide bonds. The van der Waals surface area contributed by atoms with Crippen molar-refractivity contribution in [2.75, 3.05) is 6.61 Å². The first-order valence-electron chi connectivity index (χ1n) is 7.57. The summed E-state index contributed by atoms with van der Waals surface area (Å²) in [4.78, 5) is 11.1. The van der Waals surface area contributed by atoms with Crippen LogP contribution in [0.15, 0.2) is 18.2 Å². The van der Waals surface area contributed by atoms with E-state index in [0.29, 0.717) is 17.9 Å². The van der Waals surface area contributed by atoms with Crippen molar-refractivity contribution in [1.29, 1.82) is 0 Å². The minimum Gasteiger partial charge on any atom is -0.490 e. The number of carbonyl (C=O) groups is 1. The number of ether oxygens (including phenoxy) is 2. The molecule has 108 valence electrons. The molecule has 1 aromatic carbocycles. The molecule has 1 spiro atoms. The molecule has 2 aliphatic rings. The molecule has 0 aromatic heterocycles. The number of aryl methyl sites for hydroxylation is 1. The zero-order valence-electron chi connectivity index (χ0n) is 12.1. The van der Waals surface area contributed by atoms with Crippen molar-refractivity contribution in [2.45, 2.75) is 57.2 Å². The van der Waals surface area contributed by atoms with E-state index in [1.807, 2.05) is 25.1 Å². The van der Waals surface area contributed by atoms with Gasteiger partial charge in [-0.2, -0.15) is 0 Å². The van der Waals surface area contributed by atoms with Gasteiger partial charge in [-0.3, -0.25) is 4.79 Å². The Balaban J connectivity index is 1.59. The molecule has 20 heavy (non-hydrogen) atoms. The zero-order chi connectivity index (χ0) is 14.0. The number of benzene rings is 1. The SMILES string of the molecule is Cc1ccc(OCC2CCC3(CCCC3)O2)c(C=O)c1. The summed E-state index contributed by atoms with van der Waals surface area (Å²) < 4.78 is 12.0. The maximum atomic E-state index is 11.1. The van der Waals surface area contributed by atoms with E-state index in [1.54, 1.807) is 0 Å². The standard InChI is InChI=1S/C17H22O3/c1-13-4-5-16(14(10-13)11-18)19-12-15-6-9-17(20-15)7-2-3-8-17/h4-5,10-11,15H,2-3,6-9,12H2,1H3. The lowest BCUT2D eigenvalue weighted by atomic mass is 9.98. The third kappa shape index (κ3) is 2.73. The van der Waals surface area contributed by atoms with Crippen LogP contribution in [0.5, 0.6) is 5.75 Å². The Morgan fingerprint density at radius 1 is 1.35 bits per heavy atom. The summed E-state index contributed by atoms with van der Waals surface area (Å²) in [6.07, 6.45) is 8.26. The van der Waals surface area contributed by atoms with Crippen LogP contribution in [-0.4, -0.2) is 24.6 Å². The van der Waals surface area contributed by atoms with Crippen molar-refractivity contribution in [1.82, 2.24) is 0 Å². The summed E-state index contributed by atoms with van der Waals surface area (Å²) in [7, 11) is 0. The molecule has 2 fully saturated rings. The van der Waals surface area contributed by atoms with Crippen LogP contribution in [-0.2, 0) is 4.74 Å². The van der Waals surface area contributed by atoms with Crippen molar-refractivity contribution in [3.05, 3.63) is 29.3 Å². The molecule has 1 saturated heterocycles. The van der Waals surface area contributed by atoms with Gasteiger partial charge in [0.05, 0.1) is 17.3 Å². The molecule has 3 heteroatoms. The van der Waals surface area contributed by atoms with E-state index in [-0.39, 0.29) is 11.7 Å². The van der Waals surface area contributed by atoms with Crippen molar-refractivity contribution in [3.8, 4) is 5.75 Å². The summed E-state index contributed by atoms with van der Waals surface area (Å²) >= 11 is 0. The molecular weight excluding hydrogens is 252 g/mol. The average Bonchev–Trinajstić information content (AvgIpc) is 3.08. The van der Waals surface area contributed by atoms with Gasteiger partial charge in [0.2, 0.25) is 0 Å². The lowest BCUT2D eigenvalue weighted by molar-refractivity contribution is -0.0509. The summed E-state index contributed by atoms with van der Waals surface area (Å²) in [6, 6.07) is 5.70. The Kier molecular flexibility index (Phi) is 3.79. The van der Waals surface area contributed by atoms with E-state index >= 15 is 0 Å². The molecule has 0 radical (unpaired) electrons. The zero-order valence-corrected chi connectivity index (χ0v) is 12.1. The minimum atomic E-state index is 0.148. The predicted octanol–water partition coefficient (Wildman–Crippen LogP) is 3.68. The van der Waals surface area contributed by atoms with Crippen LogP contribution in [0, 0.1) is 6.92 Å².